The number of aromatic hydroxyl groups is 1. The molecule has 2 aliphatic heterocycles. The fourth-order valence-electron chi connectivity index (χ4n) is 7.06. The van der Waals surface area contributed by atoms with E-state index in [9.17, 15) is 32.7 Å². The molecule has 0 bridgehead atoms. The van der Waals surface area contributed by atoms with Crippen LogP contribution in [0.3, 0.4) is 0 Å². The van der Waals surface area contributed by atoms with Crippen molar-refractivity contribution < 1.29 is 32.7 Å². The monoisotopic (exact) mass is 687 g/mol. The highest BCUT2D eigenvalue weighted by atomic mass is 19.4. The number of fused-ring (bicyclic) bond motifs is 2. The molecule has 0 radical (unpaired) electrons. The molecule has 4 aromatic rings. The van der Waals surface area contributed by atoms with E-state index in [4.69, 9.17) is 0 Å². The van der Waals surface area contributed by atoms with E-state index in [1.165, 1.54) is 17.0 Å². The normalized spacial score (nSPS) is 15.9. The lowest BCUT2D eigenvalue weighted by molar-refractivity contribution is -0.186. The number of hydrogen-bond donors (Lipinski definition) is 1. The zero-order valence-corrected chi connectivity index (χ0v) is 28.7. The molecule has 1 N–H and O–H groups in total. The van der Waals surface area contributed by atoms with Crippen molar-refractivity contribution in [1.29, 1.82) is 0 Å². The molecule has 3 amide bonds. The number of nitrogens with zero attached hydrogens (tertiary/aromatic N) is 5. The number of rotatable bonds is 6. The maximum Gasteiger partial charge on any atom is 0.471 e. The number of phenolic OH excluding ortho intramolecular Hbond substituents is 1. The Labute approximate surface area is 289 Å². The maximum absolute atomic E-state index is 14.9. The summed E-state index contributed by atoms with van der Waals surface area (Å²) in [6.45, 7) is 2.39. The van der Waals surface area contributed by atoms with E-state index in [1.54, 1.807) is 31.3 Å². The van der Waals surface area contributed by atoms with Gasteiger partial charge in [-0.05, 0) is 98.6 Å². The Kier molecular flexibility index (Phi) is 9.25. The number of halogens is 3. The third kappa shape index (κ3) is 6.59. The van der Waals surface area contributed by atoms with Crippen LogP contribution in [0.4, 0.5) is 18.9 Å². The summed E-state index contributed by atoms with van der Waals surface area (Å²) < 4.78 is 42.2. The lowest BCUT2D eigenvalue weighted by Gasteiger charge is -2.39. The van der Waals surface area contributed by atoms with Crippen LogP contribution in [0, 0.1) is 6.92 Å². The molecule has 50 heavy (non-hydrogen) atoms. The molecule has 9 nitrogen and oxygen atoms in total. The summed E-state index contributed by atoms with van der Waals surface area (Å²) in [5.74, 6) is -2.40. The molecule has 3 heterocycles. The Balaban J connectivity index is 1.46. The molecule has 3 aromatic carbocycles. The largest absolute Gasteiger partial charge is 0.508 e. The number of alkyl halides is 3. The topological polar surface area (TPSA) is 89.3 Å². The fourth-order valence-corrected chi connectivity index (χ4v) is 7.06. The Morgan fingerprint density at radius 3 is 2.22 bits per heavy atom. The first kappa shape index (κ1) is 34.8. The van der Waals surface area contributed by atoms with Crippen molar-refractivity contribution >= 4 is 23.4 Å². The zero-order valence-electron chi connectivity index (χ0n) is 28.7. The summed E-state index contributed by atoms with van der Waals surface area (Å²) in [6.07, 6.45) is -4.19. The van der Waals surface area contributed by atoms with Gasteiger partial charge in [0.25, 0.3) is 11.8 Å². The number of hydrogen-bond acceptors (Lipinski definition) is 5. The summed E-state index contributed by atoms with van der Waals surface area (Å²) in [4.78, 5) is 47.0. The number of likely N-dealkylation sites (N-methyl/N-ethyl adjacent to an activating group) is 1. The molecule has 2 aliphatic rings. The van der Waals surface area contributed by atoms with Gasteiger partial charge in [0.05, 0.1) is 5.56 Å². The van der Waals surface area contributed by atoms with Gasteiger partial charge in [0.15, 0.2) is 0 Å². The van der Waals surface area contributed by atoms with Gasteiger partial charge < -0.3 is 29.3 Å². The summed E-state index contributed by atoms with van der Waals surface area (Å²) in [5, 5.41) is 9.73. The van der Waals surface area contributed by atoms with Crippen LogP contribution in [0.2, 0.25) is 0 Å². The predicted molar refractivity (Wildman–Crippen MR) is 184 cm³/mol. The van der Waals surface area contributed by atoms with Crippen molar-refractivity contribution in [1.82, 2.24) is 19.3 Å². The number of amides is 3. The van der Waals surface area contributed by atoms with E-state index in [1.807, 2.05) is 66.7 Å². The fraction of sp³-hybridized carbons (Fsp3) is 0.342. The minimum atomic E-state index is -5.01. The number of carbonyl (C=O) groups is 3. The van der Waals surface area contributed by atoms with Crippen molar-refractivity contribution in [3.05, 3.63) is 106 Å². The second kappa shape index (κ2) is 13.3. The molecular weight excluding hydrogens is 647 g/mol. The van der Waals surface area contributed by atoms with Gasteiger partial charge in [-0.15, -0.1) is 0 Å². The van der Waals surface area contributed by atoms with Crippen molar-refractivity contribution in [3.63, 3.8) is 0 Å². The molecule has 0 saturated carbocycles. The lowest BCUT2D eigenvalue weighted by atomic mass is 9.89. The van der Waals surface area contributed by atoms with Crippen LogP contribution in [-0.4, -0.2) is 88.5 Å². The van der Waals surface area contributed by atoms with Crippen molar-refractivity contribution in [2.75, 3.05) is 39.1 Å². The number of aromatic nitrogens is 1. The Bertz CT molecular complexity index is 1970. The quantitative estimate of drug-likeness (QED) is 0.287. The summed E-state index contributed by atoms with van der Waals surface area (Å²) in [6, 6.07) is 19.3. The summed E-state index contributed by atoms with van der Waals surface area (Å²) in [7, 11) is 7.34. The van der Waals surface area contributed by atoms with Gasteiger partial charge in [0, 0.05) is 74.5 Å². The Hall–Kier alpha value is -5.10. The smallest absolute Gasteiger partial charge is 0.471 e. The average molecular weight is 688 g/mol. The van der Waals surface area contributed by atoms with Crippen molar-refractivity contribution in [3.8, 4) is 17.0 Å². The van der Waals surface area contributed by atoms with Gasteiger partial charge in [-0.25, -0.2) is 0 Å². The summed E-state index contributed by atoms with van der Waals surface area (Å²) >= 11 is 0. The molecule has 0 spiro atoms. The molecule has 0 unspecified atom stereocenters. The molecule has 1 atom stereocenters. The van der Waals surface area contributed by atoms with Gasteiger partial charge in [-0.3, -0.25) is 14.4 Å². The first-order chi connectivity index (χ1) is 23.6. The van der Waals surface area contributed by atoms with Gasteiger partial charge >= 0.3 is 12.1 Å². The van der Waals surface area contributed by atoms with E-state index < -0.39 is 12.1 Å². The maximum atomic E-state index is 14.9. The summed E-state index contributed by atoms with van der Waals surface area (Å²) in [5.41, 5.74) is 6.51. The zero-order chi connectivity index (χ0) is 36.1. The van der Waals surface area contributed by atoms with E-state index in [2.05, 4.69) is 6.07 Å². The average Bonchev–Trinajstić information content (AvgIpc) is 3.38. The predicted octanol–water partition coefficient (Wildman–Crippen LogP) is 5.56. The first-order valence-electron chi connectivity index (χ1n) is 16.4. The number of carbonyl (C=O) groups excluding carboxylic acids is 3. The van der Waals surface area contributed by atoms with Crippen LogP contribution < -0.4 is 4.90 Å². The molecule has 0 aliphatic carbocycles. The molecule has 12 heteroatoms. The molecule has 6 rings (SSSR count). The SMILES string of the molecule is Cc1c(C(=O)N(C)c2ccc(O)cc2)cc(-c2cc3c(cc2C(=O)N2Cc4ccccc4C[C@H]2CN(C)C)CN(C(=O)C(F)(F)F)CC3)n1C. The number of phenols is 1. The van der Waals surface area contributed by atoms with Crippen LogP contribution in [-0.2, 0) is 37.8 Å². The highest BCUT2D eigenvalue weighted by Gasteiger charge is 2.43. The van der Waals surface area contributed by atoms with Crippen LogP contribution in [0.25, 0.3) is 11.3 Å². The Morgan fingerprint density at radius 1 is 0.880 bits per heavy atom. The van der Waals surface area contributed by atoms with Crippen LogP contribution >= 0.6 is 0 Å². The van der Waals surface area contributed by atoms with E-state index in [0.29, 0.717) is 58.8 Å². The lowest BCUT2D eigenvalue weighted by Crippen LogP contribution is -2.49. The van der Waals surface area contributed by atoms with Crippen LogP contribution in [0.5, 0.6) is 5.75 Å². The number of anilines is 1. The van der Waals surface area contributed by atoms with Crippen molar-refractivity contribution in [2.24, 2.45) is 7.05 Å². The first-order valence-corrected chi connectivity index (χ1v) is 16.4. The molecule has 1 aromatic heterocycles. The molecule has 262 valence electrons. The van der Waals surface area contributed by atoms with Gasteiger partial charge in [-0.2, -0.15) is 13.2 Å². The van der Waals surface area contributed by atoms with Gasteiger partial charge in [0.1, 0.15) is 5.75 Å². The number of benzene rings is 3. The van der Waals surface area contributed by atoms with Gasteiger partial charge in [-0.1, -0.05) is 24.3 Å². The minimum absolute atomic E-state index is 0.0771. The van der Waals surface area contributed by atoms with E-state index in [0.717, 1.165) is 21.6 Å². The van der Waals surface area contributed by atoms with E-state index >= 15 is 0 Å². The highest BCUT2D eigenvalue weighted by Crippen LogP contribution is 2.36. The second-order valence-corrected chi connectivity index (χ2v) is 13.4. The third-order valence-corrected chi connectivity index (χ3v) is 9.89. The van der Waals surface area contributed by atoms with Gasteiger partial charge in [0.2, 0.25) is 0 Å². The Morgan fingerprint density at radius 2 is 1.56 bits per heavy atom. The van der Waals surface area contributed by atoms with Crippen LogP contribution in [0.1, 0.15) is 48.7 Å². The standard InChI is InChI=1S/C38H40F3N5O4/c1-23-31(35(48)44(5)28-10-12-30(47)13-11-28)19-34(43(23)4)32-17-25-14-15-45(37(50)38(39,40)41)20-27(25)18-33(32)36(49)46-21-26-9-7-6-8-24(26)16-29(46)22-42(2)3/h6-13,17-19,29,47H,14-16,20-22H2,1-5H3/t29-/m0/s1. The van der Waals surface area contributed by atoms with Crippen LogP contribution in [0.15, 0.2) is 66.7 Å². The molecule has 0 saturated heterocycles. The van der Waals surface area contributed by atoms with Crippen molar-refractivity contribution in [2.45, 2.75) is 45.1 Å². The van der Waals surface area contributed by atoms with E-state index in [-0.39, 0.29) is 43.1 Å². The molecule has 0 fully saturated rings. The molecular formula is C38H40F3N5O4. The minimum Gasteiger partial charge on any atom is -0.508 e. The second-order valence-electron chi connectivity index (χ2n) is 13.4. The highest BCUT2D eigenvalue weighted by molar-refractivity contribution is 6.08. The third-order valence-electron chi connectivity index (χ3n) is 9.89.